The summed E-state index contributed by atoms with van der Waals surface area (Å²) < 4.78 is 5.34. The maximum Gasteiger partial charge on any atom is 0.119 e. The molecule has 0 bridgehead atoms. The third-order valence-electron chi connectivity index (χ3n) is 1.26. The van der Waals surface area contributed by atoms with Crippen molar-refractivity contribution >= 4 is 0 Å². The van der Waals surface area contributed by atoms with Gasteiger partial charge in [-0.05, 0) is 19.1 Å². The zero-order valence-electron chi connectivity index (χ0n) is 7.36. The molecule has 3 heteroatoms. The second kappa shape index (κ2) is 5.57. The molecule has 0 saturated carbocycles. The second-order valence-corrected chi connectivity index (χ2v) is 2.60. The molecule has 0 aromatic heterocycles. The molecule has 0 spiro atoms. The largest absolute Gasteiger partial charge is 0.492 e. The fourth-order valence-electron chi connectivity index (χ4n) is 0.744. The Bertz CT molecular complexity index is 199. The topological polar surface area (TPSA) is 70.2 Å². The van der Waals surface area contributed by atoms with Gasteiger partial charge in [-0.15, -0.1) is 0 Å². The summed E-state index contributed by atoms with van der Waals surface area (Å²) >= 11 is 0. The normalized spacial score (nSPS) is 11.5. The van der Waals surface area contributed by atoms with Crippen LogP contribution in [0.5, 0.6) is 5.75 Å². The molecule has 5 N–H and O–H groups in total. The van der Waals surface area contributed by atoms with E-state index in [9.17, 15) is 0 Å². The Morgan fingerprint density at radius 3 is 2.42 bits per heavy atom. The van der Waals surface area contributed by atoms with Gasteiger partial charge in [0.15, 0.2) is 0 Å². The minimum atomic E-state index is 0. The minimum Gasteiger partial charge on any atom is -0.492 e. The molecule has 1 rings (SSSR count). The number of para-hydroxylation sites is 1. The first-order valence-corrected chi connectivity index (χ1v) is 3.72. The van der Waals surface area contributed by atoms with E-state index in [2.05, 4.69) is 0 Å². The average Bonchev–Trinajstić information content (AvgIpc) is 2.03. The smallest absolute Gasteiger partial charge is 0.119 e. The Morgan fingerprint density at radius 2 is 1.92 bits per heavy atom. The molecule has 12 heavy (non-hydrogen) atoms. The molecule has 0 aliphatic heterocycles. The van der Waals surface area contributed by atoms with Gasteiger partial charge in [-0.25, -0.2) is 0 Å². The van der Waals surface area contributed by atoms with Crippen molar-refractivity contribution in [2.45, 2.75) is 13.0 Å². The van der Waals surface area contributed by atoms with Crippen LogP contribution in [-0.2, 0) is 0 Å². The summed E-state index contributed by atoms with van der Waals surface area (Å²) in [5.41, 5.74) is 5.52. The monoisotopic (exact) mass is 168 g/mol. The molecule has 1 aromatic rings. The number of hydrogen-bond donors (Lipinski definition) is 2. The summed E-state index contributed by atoms with van der Waals surface area (Å²) in [6.07, 6.45) is 0. The minimum absolute atomic E-state index is 0. The summed E-state index contributed by atoms with van der Waals surface area (Å²) in [6.45, 7) is 2.49. The van der Waals surface area contributed by atoms with Gasteiger partial charge in [-0.1, -0.05) is 18.2 Å². The number of hydrogen-bond acceptors (Lipinski definition) is 3. The Hall–Kier alpha value is -1.06. The Labute approximate surface area is 73.1 Å². The summed E-state index contributed by atoms with van der Waals surface area (Å²) in [6, 6.07) is 9.77. The van der Waals surface area contributed by atoms with Crippen LogP contribution >= 0.6 is 0 Å². The van der Waals surface area contributed by atoms with E-state index in [1.165, 1.54) is 0 Å². The van der Waals surface area contributed by atoms with Gasteiger partial charge < -0.3 is 16.6 Å². The zero-order valence-corrected chi connectivity index (χ0v) is 7.36. The number of nitrogens with two attached hydrogens (primary N) is 1. The van der Waals surface area contributed by atoms with Gasteiger partial charge in [-0.2, -0.15) is 0 Å². The molecular formula is C9H16N2O. The van der Waals surface area contributed by atoms with Crippen LogP contribution in [0, 0.1) is 0 Å². The summed E-state index contributed by atoms with van der Waals surface area (Å²) in [5, 5.41) is 0. The lowest BCUT2D eigenvalue weighted by Gasteiger charge is -2.07. The first-order chi connectivity index (χ1) is 5.29. The van der Waals surface area contributed by atoms with Gasteiger partial charge in [0.05, 0.1) is 0 Å². The third kappa shape index (κ3) is 3.95. The molecule has 68 valence electrons. The van der Waals surface area contributed by atoms with Crippen LogP contribution in [0.3, 0.4) is 0 Å². The van der Waals surface area contributed by atoms with Crippen molar-refractivity contribution in [3.8, 4) is 5.75 Å². The van der Waals surface area contributed by atoms with E-state index in [4.69, 9.17) is 10.5 Å². The average molecular weight is 168 g/mol. The van der Waals surface area contributed by atoms with Gasteiger partial charge >= 0.3 is 0 Å². The quantitative estimate of drug-likeness (QED) is 0.719. The van der Waals surface area contributed by atoms with Gasteiger partial charge in [0.1, 0.15) is 12.4 Å². The van der Waals surface area contributed by atoms with E-state index >= 15 is 0 Å². The maximum absolute atomic E-state index is 5.52. The fraction of sp³-hybridized carbons (Fsp3) is 0.333. The van der Waals surface area contributed by atoms with E-state index in [1.807, 2.05) is 37.3 Å². The van der Waals surface area contributed by atoms with Crippen LogP contribution in [0.1, 0.15) is 6.92 Å². The van der Waals surface area contributed by atoms with E-state index in [-0.39, 0.29) is 12.2 Å². The molecule has 0 heterocycles. The fourth-order valence-corrected chi connectivity index (χ4v) is 0.744. The highest BCUT2D eigenvalue weighted by molar-refractivity contribution is 5.20. The standard InChI is InChI=1S/C9H13NO.H3N/c1-8(10)7-11-9-5-3-2-4-6-9;/h2-6,8H,7,10H2,1H3;1H3. The van der Waals surface area contributed by atoms with Crippen LogP contribution < -0.4 is 16.6 Å². The highest BCUT2D eigenvalue weighted by atomic mass is 16.5. The molecule has 0 aliphatic carbocycles. The van der Waals surface area contributed by atoms with Crippen molar-refractivity contribution in [3.05, 3.63) is 30.3 Å². The molecule has 0 aliphatic rings. The highest BCUT2D eigenvalue weighted by Gasteiger charge is 1.94. The van der Waals surface area contributed by atoms with E-state index < -0.39 is 0 Å². The van der Waals surface area contributed by atoms with Crippen molar-refractivity contribution in [2.24, 2.45) is 5.73 Å². The van der Waals surface area contributed by atoms with E-state index in [1.54, 1.807) is 0 Å². The van der Waals surface area contributed by atoms with Crippen molar-refractivity contribution in [3.63, 3.8) is 0 Å². The van der Waals surface area contributed by atoms with Crippen LogP contribution in [-0.4, -0.2) is 12.6 Å². The molecule has 3 nitrogen and oxygen atoms in total. The zero-order chi connectivity index (χ0) is 8.10. The van der Waals surface area contributed by atoms with Crippen LogP contribution in [0.15, 0.2) is 30.3 Å². The van der Waals surface area contributed by atoms with Gasteiger partial charge in [0.2, 0.25) is 0 Å². The van der Waals surface area contributed by atoms with Gasteiger partial charge in [-0.3, -0.25) is 0 Å². The molecule has 1 atom stereocenters. The predicted molar refractivity (Wildman–Crippen MR) is 50.6 cm³/mol. The predicted octanol–water partition coefficient (Wildman–Crippen LogP) is 1.57. The van der Waals surface area contributed by atoms with Crippen molar-refractivity contribution in [1.82, 2.24) is 6.15 Å². The maximum atomic E-state index is 5.52. The van der Waals surface area contributed by atoms with Gasteiger partial charge in [0.25, 0.3) is 0 Å². The molecule has 1 aromatic carbocycles. The molecule has 0 saturated heterocycles. The Morgan fingerprint density at radius 1 is 1.33 bits per heavy atom. The molecule has 0 fully saturated rings. The second-order valence-electron chi connectivity index (χ2n) is 2.60. The van der Waals surface area contributed by atoms with Gasteiger partial charge in [0, 0.05) is 6.04 Å². The Kier molecular flexibility index (Phi) is 5.08. The lowest BCUT2D eigenvalue weighted by molar-refractivity contribution is 0.296. The molecule has 1 unspecified atom stereocenters. The lowest BCUT2D eigenvalue weighted by atomic mass is 10.3. The molecule has 0 amide bonds. The summed E-state index contributed by atoms with van der Waals surface area (Å²) in [7, 11) is 0. The Balaban J connectivity index is 0.00000121. The first-order valence-electron chi connectivity index (χ1n) is 3.72. The highest BCUT2D eigenvalue weighted by Crippen LogP contribution is 2.07. The number of rotatable bonds is 3. The first kappa shape index (κ1) is 10.9. The number of ether oxygens (including phenoxy) is 1. The SMILES string of the molecule is CC(N)COc1ccccc1.N. The van der Waals surface area contributed by atoms with Crippen LogP contribution in [0.4, 0.5) is 0 Å². The number of benzene rings is 1. The van der Waals surface area contributed by atoms with Crippen LogP contribution in [0.2, 0.25) is 0 Å². The lowest BCUT2D eigenvalue weighted by Crippen LogP contribution is -2.23. The van der Waals surface area contributed by atoms with E-state index in [0.29, 0.717) is 6.61 Å². The van der Waals surface area contributed by atoms with Crippen molar-refractivity contribution in [2.75, 3.05) is 6.61 Å². The van der Waals surface area contributed by atoms with E-state index in [0.717, 1.165) is 5.75 Å². The van der Waals surface area contributed by atoms with Crippen LogP contribution in [0.25, 0.3) is 0 Å². The summed E-state index contributed by atoms with van der Waals surface area (Å²) in [5.74, 6) is 0.879. The third-order valence-corrected chi connectivity index (χ3v) is 1.26. The molecular weight excluding hydrogens is 152 g/mol. The van der Waals surface area contributed by atoms with Crippen molar-refractivity contribution in [1.29, 1.82) is 0 Å². The summed E-state index contributed by atoms with van der Waals surface area (Å²) in [4.78, 5) is 0. The van der Waals surface area contributed by atoms with Crippen molar-refractivity contribution < 1.29 is 4.74 Å². The molecule has 0 radical (unpaired) electrons.